The molecule has 0 aliphatic heterocycles. The Morgan fingerprint density at radius 2 is 1.22 bits per heavy atom. The third-order valence-electron chi connectivity index (χ3n) is 6.97. The SMILES string of the molecule is CCCCCCCCCCCCc1cnc(-c2ccc(OCCC(F)CCCC(F)CCC)cc2)nc1. The molecule has 208 valence electrons. The maximum Gasteiger partial charge on any atom is 0.159 e. The van der Waals surface area contributed by atoms with Crippen molar-refractivity contribution in [2.24, 2.45) is 0 Å². The normalized spacial score (nSPS) is 13.0. The first-order chi connectivity index (χ1) is 18.1. The summed E-state index contributed by atoms with van der Waals surface area (Å²) in [6.07, 6.45) is 19.8. The van der Waals surface area contributed by atoms with Crippen LogP contribution >= 0.6 is 0 Å². The summed E-state index contributed by atoms with van der Waals surface area (Å²) in [5, 5.41) is 0. The molecule has 0 aliphatic carbocycles. The van der Waals surface area contributed by atoms with Crippen molar-refractivity contribution >= 4 is 0 Å². The number of hydrogen-bond donors (Lipinski definition) is 0. The monoisotopic (exact) mass is 516 g/mol. The number of alkyl halides is 2. The highest BCUT2D eigenvalue weighted by molar-refractivity contribution is 5.55. The second-order valence-corrected chi connectivity index (χ2v) is 10.4. The summed E-state index contributed by atoms with van der Waals surface area (Å²) in [6, 6.07) is 7.63. The maximum absolute atomic E-state index is 14.0. The third kappa shape index (κ3) is 14.5. The van der Waals surface area contributed by atoms with Gasteiger partial charge < -0.3 is 4.74 Å². The van der Waals surface area contributed by atoms with Gasteiger partial charge in [0, 0.05) is 24.4 Å². The van der Waals surface area contributed by atoms with Gasteiger partial charge in [-0.15, -0.1) is 0 Å². The lowest BCUT2D eigenvalue weighted by Gasteiger charge is -2.11. The molecule has 0 N–H and O–H groups in total. The molecule has 1 heterocycles. The number of benzene rings is 1. The van der Waals surface area contributed by atoms with Gasteiger partial charge in [0.1, 0.15) is 18.1 Å². The van der Waals surface area contributed by atoms with Crippen LogP contribution < -0.4 is 4.74 Å². The van der Waals surface area contributed by atoms with Gasteiger partial charge in [0.15, 0.2) is 5.82 Å². The van der Waals surface area contributed by atoms with Crippen LogP contribution in [0.15, 0.2) is 36.7 Å². The van der Waals surface area contributed by atoms with E-state index in [0.717, 1.165) is 18.4 Å². The van der Waals surface area contributed by atoms with Crippen LogP contribution in [-0.2, 0) is 6.42 Å². The molecule has 0 fully saturated rings. The van der Waals surface area contributed by atoms with Crippen molar-refractivity contribution in [3.63, 3.8) is 0 Å². The molecular weight excluding hydrogens is 466 g/mol. The van der Waals surface area contributed by atoms with Gasteiger partial charge in [0.25, 0.3) is 0 Å². The lowest BCUT2D eigenvalue weighted by atomic mass is 10.0. The topological polar surface area (TPSA) is 35.0 Å². The van der Waals surface area contributed by atoms with E-state index >= 15 is 0 Å². The minimum atomic E-state index is -0.944. The highest BCUT2D eigenvalue weighted by Gasteiger charge is 2.10. The van der Waals surface area contributed by atoms with E-state index < -0.39 is 12.3 Å². The molecule has 0 amide bonds. The van der Waals surface area contributed by atoms with Gasteiger partial charge in [0.05, 0.1) is 6.61 Å². The fourth-order valence-electron chi connectivity index (χ4n) is 4.62. The molecule has 0 saturated carbocycles. The minimum Gasteiger partial charge on any atom is -0.493 e. The molecule has 0 aliphatic rings. The smallest absolute Gasteiger partial charge is 0.159 e. The molecule has 1 aromatic heterocycles. The van der Waals surface area contributed by atoms with Crippen LogP contribution in [-0.4, -0.2) is 28.9 Å². The average Bonchev–Trinajstić information content (AvgIpc) is 2.91. The van der Waals surface area contributed by atoms with Crippen molar-refractivity contribution in [1.29, 1.82) is 0 Å². The van der Waals surface area contributed by atoms with Crippen molar-refractivity contribution in [2.75, 3.05) is 6.61 Å². The summed E-state index contributed by atoms with van der Waals surface area (Å²) >= 11 is 0. The van der Waals surface area contributed by atoms with Gasteiger partial charge in [-0.05, 0) is 68.4 Å². The Morgan fingerprint density at radius 1 is 0.649 bits per heavy atom. The molecule has 2 rings (SSSR count). The Balaban J connectivity index is 1.59. The molecule has 3 nitrogen and oxygen atoms in total. The number of ether oxygens (including phenoxy) is 1. The molecular formula is C32H50F2N2O. The molecule has 2 unspecified atom stereocenters. The fraction of sp³-hybridized carbons (Fsp3) is 0.688. The van der Waals surface area contributed by atoms with E-state index in [0.29, 0.717) is 50.3 Å². The van der Waals surface area contributed by atoms with E-state index in [2.05, 4.69) is 16.9 Å². The van der Waals surface area contributed by atoms with E-state index in [1.807, 2.05) is 43.6 Å². The average molecular weight is 517 g/mol. The molecule has 0 spiro atoms. The molecule has 2 aromatic rings. The number of aromatic nitrogens is 2. The van der Waals surface area contributed by atoms with Gasteiger partial charge in [-0.3, -0.25) is 0 Å². The second kappa shape index (κ2) is 20.0. The Hall–Kier alpha value is -2.04. The first-order valence-electron chi connectivity index (χ1n) is 14.9. The van der Waals surface area contributed by atoms with Crippen LogP contribution in [0.4, 0.5) is 8.78 Å². The number of rotatable bonds is 22. The zero-order valence-corrected chi connectivity index (χ0v) is 23.4. The lowest BCUT2D eigenvalue weighted by Crippen LogP contribution is -2.09. The van der Waals surface area contributed by atoms with Crippen LogP contribution in [0.2, 0.25) is 0 Å². The standard InChI is InChI=1S/C32H50F2N2O/c1-3-5-6-7-8-9-10-11-12-13-16-27-25-35-32(36-26-27)28-19-21-31(22-20-28)37-24-23-30(34)18-14-17-29(33)15-4-2/h19-22,25-26,29-30H,3-18,23-24H2,1-2H3. The van der Waals surface area contributed by atoms with Crippen molar-refractivity contribution in [2.45, 2.75) is 135 Å². The molecule has 0 saturated heterocycles. The van der Waals surface area contributed by atoms with Crippen LogP contribution in [0.3, 0.4) is 0 Å². The molecule has 1 aromatic carbocycles. The first-order valence-corrected chi connectivity index (χ1v) is 14.9. The van der Waals surface area contributed by atoms with Crippen molar-refractivity contribution in [3.05, 3.63) is 42.2 Å². The summed E-state index contributed by atoms with van der Waals surface area (Å²) in [4.78, 5) is 9.10. The minimum absolute atomic E-state index is 0.318. The summed E-state index contributed by atoms with van der Waals surface area (Å²) in [5.41, 5.74) is 2.13. The van der Waals surface area contributed by atoms with Gasteiger partial charge in [0.2, 0.25) is 0 Å². The molecule has 5 heteroatoms. The lowest BCUT2D eigenvalue weighted by molar-refractivity contribution is 0.213. The van der Waals surface area contributed by atoms with Gasteiger partial charge in [-0.1, -0.05) is 78.1 Å². The largest absolute Gasteiger partial charge is 0.493 e. The summed E-state index contributed by atoms with van der Waals surface area (Å²) in [6.45, 7) is 4.55. The zero-order chi connectivity index (χ0) is 26.6. The van der Waals surface area contributed by atoms with E-state index in [-0.39, 0.29) is 0 Å². The van der Waals surface area contributed by atoms with Crippen LogP contribution in [0, 0.1) is 0 Å². The fourth-order valence-corrected chi connectivity index (χ4v) is 4.62. The van der Waals surface area contributed by atoms with Crippen molar-refractivity contribution in [3.8, 4) is 17.1 Å². The Kier molecular flexibility index (Phi) is 16.8. The number of hydrogen-bond acceptors (Lipinski definition) is 3. The van der Waals surface area contributed by atoms with Gasteiger partial charge in [-0.2, -0.15) is 0 Å². The first kappa shape index (κ1) is 31.2. The summed E-state index contributed by atoms with van der Waals surface area (Å²) in [5.74, 6) is 1.41. The number of halogens is 2. The quantitative estimate of drug-likeness (QED) is 0.146. The molecule has 0 radical (unpaired) electrons. The Morgan fingerprint density at radius 3 is 1.81 bits per heavy atom. The maximum atomic E-state index is 14.0. The third-order valence-corrected chi connectivity index (χ3v) is 6.97. The predicted octanol–water partition coefficient (Wildman–Crippen LogP) is 10.0. The molecule has 0 bridgehead atoms. The van der Waals surface area contributed by atoms with E-state index in [1.165, 1.54) is 69.8 Å². The van der Waals surface area contributed by atoms with Crippen LogP contribution in [0.1, 0.15) is 122 Å². The summed E-state index contributed by atoms with van der Waals surface area (Å²) < 4.78 is 33.2. The number of unbranched alkanes of at least 4 members (excludes halogenated alkanes) is 9. The van der Waals surface area contributed by atoms with Crippen molar-refractivity contribution in [1.82, 2.24) is 9.97 Å². The highest BCUT2D eigenvalue weighted by Crippen LogP contribution is 2.21. The number of aryl methyl sites for hydroxylation is 1. The van der Waals surface area contributed by atoms with Crippen molar-refractivity contribution < 1.29 is 13.5 Å². The second-order valence-electron chi connectivity index (χ2n) is 10.4. The van der Waals surface area contributed by atoms with E-state index in [4.69, 9.17) is 4.74 Å². The molecule has 2 atom stereocenters. The summed E-state index contributed by atoms with van der Waals surface area (Å²) in [7, 11) is 0. The van der Waals surface area contributed by atoms with E-state index in [1.54, 1.807) is 0 Å². The Labute approximate surface area is 224 Å². The molecule has 37 heavy (non-hydrogen) atoms. The zero-order valence-electron chi connectivity index (χ0n) is 23.4. The van der Waals surface area contributed by atoms with Gasteiger partial charge >= 0.3 is 0 Å². The van der Waals surface area contributed by atoms with E-state index in [9.17, 15) is 8.78 Å². The van der Waals surface area contributed by atoms with Crippen LogP contribution in [0.25, 0.3) is 11.4 Å². The highest BCUT2D eigenvalue weighted by atomic mass is 19.1. The number of nitrogens with zero attached hydrogens (tertiary/aromatic N) is 2. The predicted molar refractivity (Wildman–Crippen MR) is 152 cm³/mol. The Bertz CT molecular complexity index is 797. The van der Waals surface area contributed by atoms with Gasteiger partial charge in [-0.25, -0.2) is 18.7 Å². The van der Waals surface area contributed by atoms with Crippen LogP contribution in [0.5, 0.6) is 5.75 Å².